The van der Waals surface area contributed by atoms with Crippen LogP contribution in [0, 0.1) is 0 Å². The van der Waals surface area contributed by atoms with E-state index in [1.165, 1.54) is 48.4 Å². The molecule has 0 aromatic carbocycles. The molecule has 1 aliphatic carbocycles. The molecule has 2 aromatic heterocycles. The molecular weight excluding hydrogens is 312 g/mol. The Morgan fingerprint density at radius 2 is 2.15 bits per heavy atom. The Kier molecular flexibility index (Phi) is 4.54. The predicted octanol–water partition coefficient (Wildman–Crippen LogP) is 4.28. The lowest BCUT2D eigenvalue weighted by molar-refractivity contribution is 0.262. The molecule has 2 aromatic rings. The normalized spacial score (nSPS) is 15.4. The standard InChI is InChI=1S/C12H14N4OS3/c17-10(13-9-6-3-7-18-9)14-11-15-16-12(20-11)19-8-4-1-2-5-8/h3,6-8H,1-2,4-5H2,(H2,13,14,15,17). The summed E-state index contributed by atoms with van der Waals surface area (Å²) in [6.45, 7) is 0. The topological polar surface area (TPSA) is 66.9 Å². The van der Waals surface area contributed by atoms with Crippen LogP contribution < -0.4 is 10.6 Å². The second kappa shape index (κ2) is 6.55. The van der Waals surface area contributed by atoms with Gasteiger partial charge in [0.2, 0.25) is 5.13 Å². The Labute approximate surface area is 129 Å². The minimum Gasteiger partial charge on any atom is -0.299 e. The van der Waals surface area contributed by atoms with Crippen molar-refractivity contribution in [1.82, 2.24) is 10.2 Å². The first-order valence-corrected chi connectivity index (χ1v) is 8.99. The number of rotatable bonds is 4. The highest BCUT2D eigenvalue weighted by atomic mass is 32.2. The fourth-order valence-corrected chi connectivity index (χ4v) is 4.91. The first kappa shape index (κ1) is 13.8. The van der Waals surface area contributed by atoms with Gasteiger partial charge in [-0.1, -0.05) is 35.9 Å². The van der Waals surface area contributed by atoms with Gasteiger partial charge in [-0.15, -0.1) is 21.5 Å². The summed E-state index contributed by atoms with van der Waals surface area (Å²) >= 11 is 4.69. The highest BCUT2D eigenvalue weighted by Gasteiger charge is 2.18. The Balaban J connectivity index is 1.52. The second-order valence-electron chi connectivity index (χ2n) is 4.45. The third-order valence-electron chi connectivity index (χ3n) is 2.95. The molecule has 106 valence electrons. The number of nitrogens with one attached hydrogen (secondary N) is 2. The van der Waals surface area contributed by atoms with Crippen LogP contribution in [0.4, 0.5) is 14.9 Å². The fraction of sp³-hybridized carbons (Fsp3) is 0.417. The molecule has 0 radical (unpaired) electrons. The van der Waals surface area contributed by atoms with E-state index in [-0.39, 0.29) is 6.03 Å². The van der Waals surface area contributed by atoms with E-state index >= 15 is 0 Å². The maximum absolute atomic E-state index is 11.8. The van der Waals surface area contributed by atoms with E-state index in [1.807, 2.05) is 17.5 Å². The number of urea groups is 1. The van der Waals surface area contributed by atoms with E-state index in [2.05, 4.69) is 20.8 Å². The third kappa shape index (κ3) is 3.71. The number of thioether (sulfide) groups is 1. The van der Waals surface area contributed by atoms with Gasteiger partial charge in [0.05, 0.1) is 5.00 Å². The molecule has 1 fully saturated rings. The Morgan fingerprint density at radius 3 is 2.90 bits per heavy atom. The molecule has 2 N–H and O–H groups in total. The molecule has 0 aliphatic heterocycles. The van der Waals surface area contributed by atoms with E-state index in [9.17, 15) is 4.79 Å². The lowest BCUT2D eigenvalue weighted by Crippen LogP contribution is -2.18. The maximum Gasteiger partial charge on any atom is 0.326 e. The molecule has 2 amide bonds. The number of amides is 2. The number of hydrogen-bond acceptors (Lipinski definition) is 6. The van der Waals surface area contributed by atoms with Gasteiger partial charge in [-0.25, -0.2) is 4.79 Å². The summed E-state index contributed by atoms with van der Waals surface area (Å²) in [7, 11) is 0. The summed E-state index contributed by atoms with van der Waals surface area (Å²) in [4.78, 5) is 11.8. The van der Waals surface area contributed by atoms with Crippen molar-refractivity contribution in [3.05, 3.63) is 17.5 Å². The molecule has 2 heterocycles. The van der Waals surface area contributed by atoms with Crippen molar-refractivity contribution < 1.29 is 4.79 Å². The lowest BCUT2D eigenvalue weighted by atomic mass is 10.4. The molecule has 20 heavy (non-hydrogen) atoms. The SMILES string of the molecule is O=C(Nc1cccs1)Nc1nnc(SC2CCCC2)s1. The zero-order valence-electron chi connectivity index (χ0n) is 10.7. The van der Waals surface area contributed by atoms with Crippen molar-refractivity contribution in [2.45, 2.75) is 35.3 Å². The van der Waals surface area contributed by atoms with Crippen LogP contribution in [-0.4, -0.2) is 21.5 Å². The molecule has 1 aliphatic rings. The number of nitrogens with zero attached hydrogens (tertiary/aromatic N) is 2. The van der Waals surface area contributed by atoms with E-state index in [4.69, 9.17) is 0 Å². The molecule has 8 heteroatoms. The number of carbonyl (C=O) groups excluding carboxylic acids is 1. The Morgan fingerprint density at radius 1 is 1.30 bits per heavy atom. The molecule has 3 rings (SSSR count). The van der Waals surface area contributed by atoms with E-state index < -0.39 is 0 Å². The summed E-state index contributed by atoms with van der Waals surface area (Å²) in [5, 5.41) is 17.5. The zero-order chi connectivity index (χ0) is 13.8. The van der Waals surface area contributed by atoms with Gasteiger partial charge in [-0.2, -0.15) is 0 Å². The third-order valence-corrected chi connectivity index (χ3v) is 6.00. The zero-order valence-corrected chi connectivity index (χ0v) is 13.1. The Bertz CT molecular complexity index is 563. The molecule has 0 spiro atoms. The van der Waals surface area contributed by atoms with Crippen LogP contribution in [0.3, 0.4) is 0 Å². The Hall–Kier alpha value is -1.12. The number of aromatic nitrogens is 2. The van der Waals surface area contributed by atoms with Crippen molar-refractivity contribution in [2.24, 2.45) is 0 Å². The van der Waals surface area contributed by atoms with Crippen LogP contribution in [0.25, 0.3) is 0 Å². The minimum absolute atomic E-state index is 0.277. The van der Waals surface area contributed by atoms with Gasteiger partial charge in [0.15, 0.2) is 4.34 Å². The van der Waals surface area contributed by atoms with Crippen molar-refractivity contribution in [3.63, 3.8) is 0 Å². The van der Waals surface area contributed by atoms with Gasteiger partial charge < -0.3 is 0 Å². The van der Waals surface area contributed by atoms with Crippen LogP contribution in [0.15, 0.2) is 21.9 Å². The number of hydrogen-bond donors (Lipinski definition) is 2. The first-order chi connectivity index (χ1) is 9.79. The maximum atomic E-state index is 11.8. The van der Waals surface area contributed by atoms with Crippen molar-refractivity contribution in [3.8, 4) is 0 Å². The number of thiophene rings is 1. The van der Waals surface area contributed by atoms with Crippen LogP contribution in [0.5, 0.6) is 0 Å². The molecule has 0 unspecified atom stereocenters. The van der Waals surface area contributed by atoms with Gasteiger partial charge in [-0.3, -0.25) is 10.6 Å². The molecule has 1 saturated carbocycles. The largest absolute Gasteiger partial charge is 0.326 e. The highest BCUT2D eigenvalue weighted by molar-refractivity contribution is 8.01. The van der Waals surface area contributed by atoms with Gasteiger partial charge >= 0.3 is 6.03 Å². The van der Waals surface area contributed by atoms with Crippen molar-refractivity contribution in [2.75, 3.05) is 10.6 Å². The first-order valence-electron chi connectivity index (χ1n) is 6.41. The van der Waals surface area contributed by atoms with Crippen molar-refractivity contribution >= 4 is 50.6 Å². The molecule has 0 atom stereocenters. The summed E-state index contributed by atoms with van der Waals surface area (Å²) in [6, 6.07) is 3.47. The number of anilines is 2. The molecule has 0 saturated heterocycles. The fourth-order valence-electron chi connectivity index (χ4n) is 2.05. The van der Waals surface area contributed by atoms with Crippen LogP contribution in [0.1, 0.15) is 25.7 Å². The summed E-state index contributed by atoms with van der Waals surface area (Å²) in [5.41, 5.74) is 0. The van der Waals surface area contributed by atoms with E-state index in [0.29, 0.717) is 10.4 Å². The molecular formula is C12H14N4OS3. The van der Waals surface area contributed by atoms with Gasteiger partial charge in [0, 0.05) is 5.25 Å². The number of carbonyl (C=O) groups is 1. The lowest BCUT2D eigenvalue weighted by Gasteiger charge is -2.03. The minimum atomic E-state index is -0.277. The average Bonchev–Trinajstić information content (AvgIpc) is 3.12. The van der Waals surface area contributed by atoms with Gasteiger partial charge in [-0.05, 0) is 30.4 Å². The van der Waals surface area contributed by atoms with Crippen LogP contribution in [0.2, 0.25) is 0 Å². The molecule has 5 nitrogen and oxygen atoms in total. The smallest absolute Gasteiger partial charge is 0.299 e. The van der Waals surface area contributed by atoms with E-state index in [0.717, 1.165) is 9.34 Å². The predicted molar refractivity (Wildman–Crippen MR) is 85.0 cm³/mol. The summed E-state index contributed by atoms with van der Waals surface area (Å²) in [5.74, 6) is 0. The monoisotopic (exact) mass is 326 g/mol. The second-order valence-corrected chi connectivity index (χ2v) is 7.93. The summed E-state index contributed by atoms with van der Waals surface area (Å²) in [6.07, 6.45) is 5.13. The van der Waals surface area contributed by atoms with E-state index in [1.54, 1.807) is 11.8 Å². The van der Waals surface area contributed by atoms with Crippen molar-refractivity contribution in [1.29, 1.82) is 0 Å². The van der Waals surface area contributed by atoms with Crippen LogP contribution in [-0.2, 0) is 0 Å². The average molecular weight is 326 g/mol. The quantitative estimate of drug-likeness (QED) is 0.823. The van der Waals surface area contributed by atoms with Crippen LogP contribution >= 0.6 is 34.4 Å². The summed E-state index contributed by atoms with van der Waals surface area (Å²) < 4.78 is 0.934. The highest BCUT2D eigenvalue weighted by Crippen LogP contribution is 2.36. The van der Waals surface area contributed by atoms with Gasteiger partial charge in [0.25, 0.3) is 0 Å². The molecule has 0 bridgehead atoms. The van der Waals surface area contributed by atoms with Gasteiger partial charge in [0.1, 0.15) is 0 Å².